The number of aryl methyl sites for hydroxylation is 2. The molecule has 3 aromatic rings. The van der Waals surface area contributed by atoms with Gasteiger partial charge in [-0.2, -0.15) is 0 Å². The molecule has 0 bridgehead atoms. The average Bonchev–Trinajstić information content (AvgIpc) is 3.18. The number of amides is 1. The van der Waals surface area contributed by atoms with Crippen molar-refractivity contribution in [2.45, 2.75) is 51.6 Å². The Morgan fingerprint density at radius 1 is 1.18 bits per heavy atom. The van der Waals surface area contributed by atoms with Crippen LogP contribution in [-0.4, -0.2) is 30.9 Å². The molecule has 0 radical (unpaired) electrons. The summed E-state index contributed by atoms with van der Waals surface area (Å²) in [6.45, 7) is 10.9. The maximum atomic E-state index is 12.6. The highest BCUT2D eigenvalue weighted by Crippen LogP contribution is 2.29. The molecule has 28 heavy (non-hydrogen) atoms. The Hall–Kier alpha value is -2.19. The monoisotopic (exact) mass is 415 g/mol. The molecule has 2 aromatic heterocycles. The molecule has 0 aliphatic heterocycles. The van der Waals surface area contributed by atoms with Gasteiger partial charge in [-0.1, -0.05) is 55.9 Å². The molecule has 0 saturated carbocycles. The van der Waals surface area contributed by atoms with Gasteiger partial charge in [-0.15, -0.1) is 21.5 Å². The van der Waals surface area contributed by atoms with Gasteiger partial charge in [-0.3, -0.25) is 4.79 Å². The number of carbonyl (C=O) groups is 1. The van der Waals surface area contributed by atoms with Gasteiger partial charge in [0.1, 0.15) is 0 Å². The number of anilines is 1. The minimum atomic E-state index is -0.316. The third-order valence-corrected chi connectivity index (χ3v) is 6.28. The molecule has 148 valence electrons. The molecule has 0 spiro atoms. The first kappa shape index (κ1) is 20.5. The Morgan fingerprint density at radius 3 is 2.50 bits per heavy atom. The Kier molecular flexibility index (Phi) is 6.51. The second-order valence-corrected chi connectivity index (χ2v) is 9.60. The molecule has 2 heterocycles. The zero-order valence-electron chi connectivity index (χ0n) is 16.8. The fraction of sp³-hybridized carbons (Fsp3) is 0.400. The fourth-order valence-corrected chi connectivity index (χ4v) is 4.33. The number of rotatable bonds is 7. The zero-order valence-corrected chi connectivity index (χ0v) is 18.4. The van der Waals surface area contributed by atoms with Crippen LogP contribution in [0.2, 0.25) is 0 Å². The van der Waals surface area contributed by atoms with E-state index in [4.69, 9.17) is 0 Å². The van der Waals surface area contributed by atoms with E-state index in [1.165, 1.54) is 23.1 Å². The van der Waals surface area contributed by atoms with Crippen molar-refractivity contribution in [3.63, 3.8) is 0 Å². The Bertz CT molecular complexity index is 929. The molecule has 0 aliphatic rings. The van der Waals surface area contributed by atoms with Gasteiger partial charge in [0, 0.05) is 17.0 Å². The van der Waals surface area contributed by atoms with Gasteiger partial charge >= 0.3 is 0 Å². The van der Waals surface area contributed by atoms with Crippen LogP contribution >= 0.6 is 23.1 Å². The molecule has 1 N–H and O–H groups in total. The third kappa shape index (κ3) is 4.80. The predicted molar refractivity (Wildman–Crippen MR) is 116 cm³/mol. The molecular formula is C20H25N5OS2. The number of nitrogens with zero attached hydrogens (tertiary/aromatic N) is 4. The van der Waals surface area contributed by atoms with Crippen LogP contribution in [0.15, 0.2) is 35.5 Å². The third-order valence-electron chi connectivity index (χ3n) is 4.21. The molecule has 8 heteroatoms. The highest BCUT2D eigenvalue weighted by atomic mass is 32.2. The van der Waals surface area contributed by atoms with Gasteiger partial charge in [0.2, 0.25) is 5.91 Å². The van der Waals surface area contributed by atoms with Crippen molar-refractivity contribution in [3.8, 4) is 11.4 Å². The lowest BCUT2D eigenvalue weighted by Crippen LogP contribution is -2.23. The highest BCUT2D eigenvalue weighted by Gasteiger charge is 2.22. The maximum absolute atomic E-state index is 12.6. The van der Waals surface area contributed by atoms with Crippen molar-refractivity contribution < 1.29 is 4.79 Å². The Balaban J connectivity index is 1.78. The van der Waals surface area contributed by atoms with Crippen LogP contribution in [0, 0.1) is 19.8 Å². The summed E-state index contributed by atoms with van der Waals surface area (Å²) >= 11 is 2.91. The Morgan fingerprint density at radius 2 is 1.89 bits per heavy atom. The predicted octanol–water partition coefficient (Wildman–Crippen LogP) is 4.79. The van der Waals surface area contributed by atoms with E-state index in [9.17, 15) is 4.79 Å². The van der Waals surface area contributed by atoms with Crippen molar-refractivity contribution in [2.24, 2.45) is 5.92 Å². The molecule has 0 fully saturated rings. The second kappa shape index (κ2) is 8.87. The van der Waals surface area contributed by atoms with Crippen molar-refractivity contribution in [1.82, 2.24) is 19.7 Å². The van der Waals surface area contributed by atoms with E-state index in [0.29, 0.717) is 11.0 Å². The summed E-state index contributed by atoms with van der Waals surface area (Å²) in [7, 11) is 0. The van der Waals surface area contributed by atoms with E-state index < -0.39 is 0 Å². The van der Waals surface area contributed by atoms with Crippen molar-refractivity contribution in [2.75, 3.05) is 5.32 Å². The molecule has 1 amide bonds. The first-order chi connectivity index (χ1) is 13.3. The van der Waals surface area contributed by atoms with Crippen LogP contribution in [0.1, 0.15) is 31.3 Å². The van der Waals surface area contributed by atoms with Gasteiger partial charge in [0.25, 0.3) is 0 Å². The number of hydrogen-bond acceptors (Lipinski definition) is 6. The van der Waals surface area contributed by atoms with Crippen LogP contribution in [0.5, 0.6) is 0 Å². The van der Waals surface area contributed by atoms with Crippen LogP contribution in [0.25, 0.3) is 11.4 Å². The summed E-state index contributed by atoms with van der Waals surface area (Å²) in [6, 6.07) is 10.0. The molecule has 1 atom stereocenters. The minimum Gasteiger partial charge on any atom is -0.302 e. The average molecular weight is 416 g/mol. The molecular weight excluding hydrogens is 390 g/mol. The van der Waals surface area contributed by atoms with Crippen molar-refractivity contribution >= 4 is 34.1 Å². The summed E-state index contributed by atoms with van der Waals surface area (Å²) in [5, 5.41) is 12.8. The standard InChI is InChI=1S/C20H25N5OS2/c1-12(2)11-25-17(16-9-7-6-8-10-16)23-24-20(25)28-15(5)18(26)22-19-21-13(3)14(4)27-19/h6-10,12,15H,11H2,1-5H3,(H,21,22,26)/t15-/m1/s1. The molecule has 0 aliphatic carbocycles. The van der Waals surface area contributed by atoms with Crippen LogP contribution in [0.3, 0.4) is 0 Å². The minimum absolute atomic E-state index is 0.0842. The van der Waals surface area contributed by atoms with Crippen molar-refractivity contribution in [1.29, 1.82) is 0 Å². The quantitative estimate of drug-likeness (QED) is 0.562. The lowest BCUT2D eigenvalue weighted by molar-refractivity contribution is -0.115. The van der Waals surface area contributed by atoms with E-state index in [0.717, 1.165) is 33.7 Å². The molecule has 0 saturated heterocycles. The lowest BCUT2D eigenvalue weighted by atomic mass is 10.2. The SMILES string of the molecule is Cc1nc(NC(=O)[C@@H](C)Sc2nnc(-c3ccccc3)n2CC(C)C)sc1C. The normalized spacial score (nSPS) is 12.4. The van der Waals surface area contributed by atoms with E-state index in [-0.39, 0.29) is 11.2 Å². The summed E-state index contributed by atoms with van der Waals surface area (Å²) in [6.07, 6.45) is 0. The van der Waals surface area contributed by atoms with E-state index in [1.807, 2.05) is 51.1 Å². The fourth-order valence-electron chi connectivity index (χ4n) is 2.65. The van der Waals surface area contributed by atoms with Crippen LogP contribution in [0.4, 0.5) is 5.13 Å². The number of benzene rings is 1. The molecule has 0 unspecified atom stereocenters. The smallest absolute Gasteiger partial charge is 0.239 e. The summed E-state index contributed by atoms with van der Waals surface area (Å²) in [4.78, 5) is 18.1. The van der Waals surface area contributed by atoms with Gasteiger partial charge in [-0.05, 0) is 26.7 Å². The van der Waals surface area contributed by atoms with Gasteiger partial charge in [0.05, 0.1) is 10.9 Å². The van der Waals surface area contributed by atoms with E-state index in [2.05, 4.69) is 38.9 Å². The molecule has 1 aromatic carbocycles. The van der Waals surface area contributed by atoms with Crippen LogP contribution < -0.4 is 5.32 Å². The molecule has 3 rings (SSSR count). The topological polar surface area (TPSA) is 72.7 Å². The number of nitrogens with one attached hydrogen (secondary N) is 1. The highest BCUT2D eigenvalue weighted by molar-refractivity contribution is 8.00. The van der Waals surface area contributed by atoms with Crippen LogP contribution in [-0.2, 0) is 11.3 Å². The summed E-state index contributed by atoms with van der Waals surface area (Å²) in [5.41, 5.74) is 1.97. The lowest BCUT2D eigenvalue weighted by Gasteiger charge is -2.14. The number of carbonyl (C=O) groups excluding carboxylic acids is 1. The maximum Gasteiger partial charge on any atom is 0.239 e. The van der Waals surface area contributed by atoms with E-state index in [1.54, 1.807) is 0 Å². The number of thioether (sulfide) groups is 1. The van der Waals surface area contributed by atoms with Gasteiger partial charge in [0.15, 0.2) is 16.1 Å². The summed E-state index contributed by atoms with van der Waals surface area (Å²) in [5.74, 6) is 1.18. The second-order valence-electron chi connectivity index (χ2n) is 7.09. The van der Waals surface area contributed by atoms with Gasteiger partial charge in [-0.25, -0.2) is 4.98 Å². The number of hydrogen-bond donors (Lipinski definition) is 1. The van der Waals surface area contributed by atoms with E-state index >= 15 is 0 Å². The number of aromatic nitrogens is 4. The zero-order chi connectivity index (χ0) is 20.3. The molecule has 6 nitrogen and oxygen atoms in total. The first-order valence-corrected chi connectivity index (χ1v) is 10.9. The first-order valence-electron chi connectivity index (χ1n) is 9.25. The Labute approximate surface area is 173 Å². The van der Waals surface area contributed by atoms with Crippen molar-refractivity contribution in [3.05, 3.63) is 40.9 Å². The largest absolute Gasteiger partial charge is 0.302 e. The number of thiazole rings is 1. The summed E-state index contributed by atoms with van der Waals surface area (Å²) < 4.78 is 2.10. The van der Waals surface area contributed by atoms with Gasteiger partial charge < -0.3 is 9.88 Å².